The van der Waals surface area contributed by atoms with E-state index in [1.165, 1.54) is 17.8 Å². The summed E-state index contributed by atoms with van der Waals surface area (Å²) in [5.74, 6) is -0.180. The third kappa shape index (κ3) is 4.08. The maximum absolute atomic E-state index is 13.3. The number of ether oxygens (including phenoxy) is 1. The lowest BCUT2D eigenvalue weighted by atomic mass is 10.3. The molecule has 0 aromatic heterocycles. The lowest BCUT2D eigenvalue weighted by molar-refractivity contribution is 0.177. The van der Waals surface area contributed by atoms with Crippen molar-refractivity contribution in [1.29, 1.82) is 0 Å². The monoisotopic (exact) mass is 247 g/mol. The average Bonchev–Trinajstić information content (AvgIpc) is 2.28. The first-order valence-corrected chi connectivity index (χ1v) is 5.90. The van der Waals surface area contributed by atoms with Gasteiger partial charge in [0.2, 0.25) is 0 Å². The molecule has 2 nitrogen and oxygen atoms in total. The summed E-state index contributed by atoms with van der Waals surface area (Å²) in [6, 6.07) is 3.59. The summed E-state index contributed by atoms with van der Waals surface area (Å²) in [5.41, 5.74) is 0. The van der Waals surface area contributed by atoms with E-state index in [0.717, 1.165) is 12.1 Å². The summed E-state index contributed by atoms with van der Waals surface area (Å²) in [6.07, 6.45) is 0. The van der Waals surface area contributed by atoms with Crippen molar-refractivity contribution in [2.24, 2.45) is 0 Å². The molecule has 1 aromatic rings. The summed E-state index contributed by atoms with van der Waals surface area (Å²) in [5, 5.41) is 3.05. The maximum atomic E-state index is 13.3. The Kier molecular flexibility index (Phi) is 5.73. The molecule has 1 aromatic carbocycles. The van der Waals surface area contributed by atoms with Gasteiger partial charge >= 0.3 is 0 Å². The van der Waals surface area contributed by atoms with E-state index in [1.54, 1.807) is 7.11 Å². The Balaban J connectivity index is 2.55. The molecular weight excluding hydrogens is 232 g/mol. The number of hydrogen-bond acceptors (Lipinski definition) is 3. The number of rotatable bonds is 6. The van der Waals surface area contributed by atoms with Crippen LogP contribution in [0.15, 0.2) is 23.1 Å². The van der Waals surface area contributed by atoms with Crippen LogP contribution in [0.1, 0.15) is 0 Å². The van der Waals surface area contributed by atoms with Gasteiger partial charge in [-0.05, 0) is 25.2 Å². The van der Waals surface area contributed by atoms with Crippen molar-refractivity contribution in [3.8, 4) is 0 Å². The van der Waals surface area contributed by atoms with Crippen LogP contribution in [-0.4, -0.2) is 32.6 Å². The molecule has 0 heterocycles. The number of likely N-dealkylation sites (N-methyl/N-ethyl adjacent to an activating group) is 1. The normalized spacial score (nSPS) is 12.8. The van der Waals surface area contributed by atoms with Gasteiger partial charge in [0.15, 0.2) is 0 Å². The molecule has 0 radical (unpaired) electrons. The smallest absolute Gasteiger partial charge is 0.136 e. The van der Waals surface area contributed by atoms with Crippen LogP contribution in [-0.2, 0) is 4.74 Å². The predicted molar refractivity (Wildman–Crippen MR) is 61.8 cm³/mol. The van der Waals surface area contributed by atoms with Crippen molar-refractivity contribution in [2.45, 2.75) is 10.9 Å². The first-order chi connectivity index (χ1) is 7.67. The third-order valence-corrected chi connectivity index (χ3v) is 3.30. The van der Waals surface area contributed by atoms with Gasteiger partial charge in [0.05, 0.1) is 6.61 Å². The number of methoxy groups -OCH3 is 1. The molecule has 1 N–H and O–H groups in total. The Morgan fingerprint density at radius 3 is 2.81 bits per heavy atom. The second-order valence-electron chi connectivity index (χ2n) is 3.33. The van der Waals surface area contributed by atoms with Crippen molar-refractivity contribution in [3.63, 3.8) is 0 Å². The Morgan fingerprint density at radius 2 is 2.19 bits per heavy atom. The highest BCUT2D eigenvalue weighted by Crippen LogP contribution is 2.23. The summed E-state index contributed by atoms with van der Waals surface area (Å²) < 4.78 is 31.1. The number of hydrogen-bond donors (Lipinski definition) is 1. The van der Waals surface area contributed by atoms with E-state index in [2.05, 4.69) is 5.32 Å². The first kappa shape index (κ1) is 13.4. The van der Waals surface area contributed by atoms with Crippen LogP contribution in [0.3, 0.4) is 0 Å². The van der Waals surface area contributed by atoms with Gasteiger partial charge in [-0.3, -0.25) is 0 Å². The molecule has 0 spiro atoms. The molecule has 0 saturated carbocycles. The van der Waals surface area contributed by atoms with Crippen LogP contribution in [0.2, 0.25) is 0 Å². The lowest BCUT2D eigenvalue weighted by Crippen LogP contribution is -2.32. The standard InChI is InChI=1S/C11H15F2NOS/c1-14-9(6-15-2)7-16-11-5-8(12)3-4-10(11)13/h3-5,9,14H,6-7H2,1-2H3. The fourth-order valence-electron chi connectivity index (χ4n) is 1.19. The largest absolute Gasteiger partial charge is 0.383 e. The second-order valence-corrected chi connectivity index (χ2v) is 4.39. The SMILES string of the molecule is CNC(COC)CSc1cc(F)ccc1F. The van der Waals surface area contributed by atoms with Crippen LogP contribution in [0, 0.1) is 11.6 Å². The van der Waals surface area contributed by atoms with Crippen LogP contribution in [0.5, 0.6) is 0 Å². The highest BCUT2D eigenvalue weighted by molar-refractivity contribution is 7.99. The predicted octanol–water partition coefficient (Wildman–Crippen LogP) is 2.29. The number of nitrogens with one attached hydrogen (secondary N) is 1. The molecule has 0 aliphatic carbocycles. The number of benzene rings is 1. The fraction of sp³-hybridized carbons (Fsp3) is 0.455. The van der Waals surface area contributed by atoms with E-state index >= 15 is 0 Å². The van der Waals surface area contributed by atoms with E-state index in [-0.39, 0.29) is 6.04 Å². The van der Waals surface area contributed by atoms with Gasteiger partial charge in [-0.15, -0.1) is 11.8 Å². The van der Waals surface area contributed by atoms with E-state index in [9.17, 15) is 8.78 Å². The summed E-state index contributed by atoms with van der Waals surface area (Å²) >= 11 is 1.28. The number of halogens is 2. The molecule has 90 valence electrons. The van der Waals surface area contributed by atoms with Crippen molar-refractivity contribution < 1.29 is 13.5 Å². The molecule has 1 atom stereocenters. The molecule has 0 bridgehead atoms. The van der Waals surface area contributed by atoms with Gasteiger partial charge in [-0.1, -0.05) is 0 Å². The van der Waals surface area contributed by atoms with Gasteiger partial charge in [0.1, 0.15) is 11.6 Å². The van der Waals surface area contributed by atoms with Crippen LogP contribution in [0.25, 0.3) is 0 Å². The third-order valence-electron chi connectivity index (χ3n) is 2.11. The Bertz CT molecular complexity index is 336. The summed E-state index contributed by atoms with van der Waals surface area (Å²) in [7, 11) is 3.42. The molecule has 1 rings (SSSR count). The minimum atomic E-state index is -0.420. The average molecular weight is 247 g/mol. The zero-order valence-corrected chi connectivity index (χ0v) is 10.1. The highest BCUT2D eigenvalue weighted by atomic mass is 32.2. The zero-order chi connectivity index (χ0) is 12.0. The highest BCUT2D eigenvalue weighted by Gasteiger charge is 2.09. The fourth-order valence-corrected chi connectivity index (χ4v) is 2.24. The van der Waals surface area contributed by atoms with Crippen molar-refractivity contribution in [1.82, 2.24) is 5.32 Å². The molecule has 0 aliphatic rings. The quantitative estimate of drug-likeness (QED) is 0.779. The van der Waals surface area contributed by atoms with E-state index in [1.807, 2.05) is 7.05 Å². The first-order valence-electron chi connectivity index (χ1n) is 4.91. The lowest BCUT2D eigenvalue weighted by Gasteiger charge is -2.14. The van der Waals surface area contributed by atoms with Crippen LogP contribution in [0.4, 0.5) is 8.78 Å². The van der Waals surface area contributed by atoms with Gasteiger partial charge in [0.25, 0.3) is 0 Å². The van der Waals surface area contributed by atoms with Crippen molar-refractivity contribution in [2.75, 3.05) is 26.5 Å². The molecular formula is C11H15F2NOS. The van der Waals surface area contributed by atoms with Crippen molar-refractivity contribution in [3.05, 3.63) is 29.8 Å². The minimum Gasteiger partial charge on any atom is -0.383 e. The van der Waals surface area contributed by atoms with E-state index in [0.29, 0.717) is 17.3 Å². The zero-order valence-electron chi connectivity index (χ0n) is 9.30. The molecule has 0 aliphatic heterocycles. The number of thioether (sulfide) groups is 1. The van der Waals surface area contributed by atoms with Crippen molar-refractivity contribution >= 4 is 11.8 Å². The molecule has 5 heteroatoms. The van der Waals surface area contributed by atoms with E-state index < -0.39 is 11.6 Å². The molecule has 0 amide bonds. The Labute approximate surface area is 98.4 Å². The summed E-state index contributed by atoms with van der Waals surface area (Å²) in [4.78, 5) is 0.330. The van der Waals surface area contributed by atoms with E-state index in [4.69, 9.17) is 4.74 Å². The molecule has 1 unspecified atom stereocenters. The van der Waals surface area contributed by atoms with Crippen LogP contribution < -0.4 is 5.32 Å². The van der Waals surface area contributed by atoms with Crippen LogP contribution >= 0.6 is 11.8 Å². The molecule has 0 saturated heterocycles. The van der Waals surface area contributed by atoms with Gasteiger partial charge < -0.3 is 10.1 Å². The molecule has 0 fully saturated rings. The second kappa shape index (κ2) is 6.83. The Hall–Kier alpha value is -0.650. The van der Waals surface area contributed by atoms with Gasteiger partial charge in [0, 0.05) is 23.8 Å². The van der Waals surface area contributed by atoms with Gasteiger partial charge in [-0.2, -0.15) is 0 Å². The minimum absolute atomic E-state index is 0.123. The summed E-state index contributed by atoms with van der Waals surface area (Å²) in [6.45, 7) is 0.542. The maximum Gasteiger partial charge on any atom is 0.136 e. The topological polar surface area (TPSA) is 21.3 Å². The Morgan fingerprint density at radius 1 is 1.44 bits per heavy atom. The molecule has 16 heavy (non-hydrogen) atoms. The van der Waals surface area contributed by atoms with Gasteiger partial charge in [-0.25, -0.2) is 8.78 Å².